The number of hydroxylamine groups is 2. The zero-order valence-corrected chi connectivity index (χ0v) is 29.6. The molecule has 1 aromatic carbocycles. The summed E-state index contributed by atoms with van der Waals surface area (Å²) in [5, 5.41) is 14.3. The van der Waals surface area contributed by atoms with Gasteiger partial charge < -0.3 is 29.4 Å². The van der Waals surface area contributed by atoms with Gasteiger partial charge in [-0.1, -0.05) is 49.8 Å². The summed E-state index contributed by atoms with van der Waals surface area (Å²) in [6.45, 7) is 7.33. The van der Waals surface area contributed by atoms with E-state index in [0.29, 0.717) is 48.2 Å². The van der Waals surface area contributed by atoms with Crippen LogP contribution in [0.3, 0.4) is 0 Å². The minimum atomic E-state index is -1.23. The third kappa shape index (κ3) is 4.74. The van der Waals surface area contributed by atoms with Crippen LogP contribution in [0.1, 0.15) is 96.1 Å². The predicted molar refractivity (Wildman–Crippen MR) is 181 cm³/mol. The molecule has 50 heavy (non-hydrogen) atoms. The number of nitrogens with zero attached hydrogens (tertiary/aromatic N) is 1. The van der Waals surface area contributed by atoms with Crippen LogP contribution in [0, 0.1) is 34.5 Å². The Hall–Kier alpha value is -2.34. The number of aliphatic hydroxyl groups excluding tert-OH is 1. The second kappa shape index (κ2) is 11.1. The largest absolute Gasteiger partial charge is 0.458 e. The molecule has 1 aromatic rings. The maximum atomic E-state index is 14.3. The first kappa shape index (κ1) is 32.3. The van der Waals surface area contributed by atoms with Crippen LogP contribution in [0.2, 0.25) is 0 Å². The van der Waals surface area contributed by atoms with Crippen LogP contribution in [0.5, 0.6) is 0 Å². The zero-order valence-electron chi connectivity index (χ0n) is 29.6. The van der Waals surface area contributed by atoms with Gasteiger partial charge in [0.2, 0.25) is 5.91 Å². The highest BCUT2D eigenvalue weighted by atomic mass is 16.8. The van der Waals surface area contributed by atoms with Crippen molar-refractivity contribution in [2.24, 2.45) is 34.5 Å². The average molecular weight is 689 g/mol. The van der Waals surface area contributed by atoms with E-state index in [1.807, 2.05) is 6.07 Å². The Balaban J connectivity index is 0.988. The lowest BCUT2D eigenvalue weighted by Gasteiger charge is -2.53. The van der Waals surface area contributed by atoms with Crippen LogP contribution in [0.4, 0.5) is 0 Å². The first-order valence-corrected chi connectivity index (χ1v) is 19.4. The molecular weight excluding hydrogens is 636 g/mol. The molecule has 0 spiro atoms. The first-order valence-electron chi connectivity index (χ1n) is 19.4. The normalized spacial score (nSPS) is 44.5. The number of hydrogen-bond acceptors (Lipinski definition) is 9. The van der Waals surface area contributed by atoms with Gasteiger partial charge in [0, 0.05) is 24.8 Å². The predicted octanol–water partition coefficient (Wildman–Crippen LogP) is 4.67. The number of carbonyl (C=O) groups excluding carboxylic acids is 2. The molecule has 5 saturated carbocycles. The monoisotopic (exact) mass is 688 g/mol. The van der Waals surface area contributed by atoms with E-state index in [2.05, 4.69) is 50.4 Å². The highest BCUT2D eigenvalue weighted by Crippen LogP contribution is 2.64. The molecule has 10 nitrogen and oxygen atoms in total. The van der Waals surface area contributed by atoms with Gasteiger partial charge in [-0.15, -0.1) is 0 Å². The number of esters is 1. The maximum absolute atomic E-state index is 14.3. The minimum absolute atomic E-state index is 0.0323. The van der Waals surface area contributed by atoms with Crippen LogP contribution in [0.25, 0.3) is 6.08 Å². The van der Waals surface area contributed by atoms with Crippen molar-refractivity contribution in [3.8, 4) is 0 Å². The van der Waals surface area contributed by atoms with Crippen molar-refractivity contribution < 1.29 is 38.5 Å². The highest BCUT2D eigenvalue weighted by molar-refractivity contribution is 5.93. The lowest BCUT2D eigenvalue weighted by Crippen LogP contribution is -2.69. The smallest absolute Gasteiger partial charge is 0.327 e. The molecule has 2 N–H and O–H groups in total. The molecule has 4 saturated heterocycles. The van der Waals surface area contributed by atoms with Gasteiger partial charge in [-0.3, -0.25) is 14.4 Å². The summed E-state index contributed by atoms with van der Waals surface area (Å²) in [4.78, 5) is 35.2. The van der Waals surface area contributed by atoms with Gasteiger partial charge in [-0.2, -0.15) is 5.06 Å². The Kier molecular flexibility index (Phi) is 7.17. The molecule has 0 aromatic heterocycles. The lowest BCUT2D eigenvalue weighted by atomic mass is 9.52. The molecule has 2 bridgehead atoms. The molecule has 9 aliphatic rings. The Morgan fingerprint density at radius 3 is 2.50 bits per heavy atom. The first-order chi connectivity index (χ1) is 24.1. The molecule has 10 heteroatoms. The standard InChI is InChI=1S/C40H52N2O8/c1-37(2)19-27-23(8-13-30-38(3,47-30)15-14-28(27)37)18-22-6-4-5-7-24(22)21-42-33-35(44)46-29-20-39(33,36(45)41-16-17-43)34(50-42)32-31(29)48-40(49-32,25-9-10-25)26-11-12-26/h4-7,18,25-34,43H,8-17,19-21H2,1-3H3,(H,41,45)/t27-,28-,29-,30?,31+,32+,33+,34-,38-,39+/m1/s1. The molecule has 1 unspecified atom stereocenters. The molecule has 270 valence electrons. The number of carbonyl (C=O) groups is 2. The van der Waals surface area contributed by atoms with Crippen molar-refractivity contribution >= 4 is 18.0 Å². The van der Waals surface area contributed by atoms with E-state index in [1.165, 1.54) is 18.4 Å². The Morgan fingerprint density at radius 1 is 1.00 bits per heavy atom. The molecule has 10 atom stereocenters. The molecule has 9 fully saturated rings. The van der Waals surface area contributed by atoms with Gasteiger partial charge in [0.15, 0.2) is 11.8 Å². The number of nitrogens with one attached hydrogen (secondary N) is 1. The SMILES string of the molecule is CC1(C)C[C@@H]2C(=Cc3ccccc3CN3O[C@@H]4[C@H]5OC(C6CC6)(C6CC6)O[C@H]5[C@H]5C[C@]4(C(=O)NCCO)[C@@H]3C(=O)O5)CCC3O[C@]3(C)CC[C@H]21. The van der Waals surface area contributed by atoms with Gasteiger partial charge >= 0.3 is 5.97 Å². The second-order valence-electron chi connectivity index (χ2n) is 18.0. The van der Waals surface area contributed by atoms with Gasteiger partial charge in [-0.25, -0.2) is 0 Å². The molecule has 4 aliphatic heterocycles. The number of amides is 1. The van der Waals surface area contributed by atoms with Crippen molar-refractivity contribution in [2.75, 3.05) is 13.2 Å². The number of fused-ring (bicyclic) bond motifs is 6. The van der Waals surface area contributed by atoms with Crippen molar-refractivity contribution in [3.05, 3.63) is 41.0 Å². The second-order valence-corrected chi connectivity index (χ2v) is 18.0. The quantitative estimate of drug-likeness (QED) is 0.297. The molecular formula is C40H52N2O8. The van der Waals surface area contributed by atoms with Crippen LogP contribution >= 0.6 is 0 Å². The molecule has 1 amide bonds. The number of aliphatic hydroxyl groups is 1. The van der Waals surface area contributed by atoms with Crippen molar-refractivity contribution in [2.45, 2.75) is 139 Å². The third-order valence-electron chi connectivity index (χ3n) is 14.4. The summed E-state index contributed by atoms with van der Waals surface area (Å²) in [6.07, 6.45) is 10.5. The summed E-state index contributed by atoms with van der Waals surface area (Å²) in [5.41, 5.74) is 2.77. The maximum Gasteiger partial charge on any atom is 0.327 e. The summed E-state index contributed by atoms with van der Waals surface area (Å²) in [5.74, 6) is 0.387. The van der Waals surface area contributed by atoms with Crippen LogP contribution < -0.4 is 5.32 Å². The topological polar surface area (TPSA) is 119 Å². The summed E-state index contributed by atoms with van der Waals surface area (Å²) in [7, 11) is 0. The fourth-order valence-electron chi connectivity index (χ4n) is 11.4. The van der Waals surface area contributed by atoms with E-state index in [0.717, 1.165) is 56.1 Å². The highest BCUT2D eigenvalue weighted by Gasteiger charge is 2.78. The number of rotatable bonds is 8. The Bertz CT molecular complexity index is 1610. The number of allylic oxidation sites excluding steroid dienone is 1. The zero-order chi connectivity index (χ0) is 34.2. The fourth-order valence-corrected chi connectivity index (χ4v) is 11.4. The van der Waals surface area contributed by atoms with Crippen LogP contribution in [0.15, 0.2) is 29.8 Å². The van der Waals surface area contributed by atoms with E-state index < -0.39 is 47.6 Å². The Morgan fingerprint density at radius 2 is 1.76 bits per heavy atom. The lowest BCUT2D eigenvalue weighted by molar-refractivity contribution is -0.235. The van der Waals surface area contributed by atoms with Crippen LogP contribution in [-0.4, -0.2) is 83.1 Å². The van der Waals surface area contributed by atoms with E-state index in [1.54, 1.807) is 5.06 Å². The van der Waals surface area contributed by atoms with Gasteiger partial charge in [0.25, 0.3) is 0 Å². The fraction of sp³-hybridized carbons (Fsp3) is 0.750. The number of benzene rings is 1. The summed E-state index contributed by atoms with van der Waals surface area (Å²) < 4.78 is 26.2. The summed E-state index contributed by atoms with van der Waals surface area (Å²) >= 11 is 0. The van der Waals surface area contributed by atoms with E-state index in [9.17, 15) is 14.7 Å². The van der Waals surface area contributed by atoms with Gasteiger partial charge in [-0.05, 0) is 93.1 Å². The molecule has 4 heterocycles. The number of epoxide rings is 1. The molecule has 5 aliphatic carbocycles. The van der Waals surface area contributed by atoms with Crippen molar-refractivity contribution in [3.63, 3.8) is 0 Å². The average Bonchev–Trinajstić information content (AvgIpc) is 4.03. The van der Waals surface area contributed by atoms with E-state index in [4.69, 9.17) is 23.8 Å². The van der Waals surface area contributed by atoms with Crippen LogP contribution in [-0.2, 0) is 39.9 Å². The number of hydrogen-bond donors (Lipinski definition) is 2. The minimum Gasteiger partial charge on any atom is -0.458 e. The Labute approximate surface area is 294 Å². The van der Waals surface area contributed by atoms with Gasteiger partial charge in [0.1, 0.15) is 29.8 Å². The van der Waals surface area contributed by atoms with E-state index >= 15 is 0 Å². The number of ether oxygens (including phenoxy) is 4. The van der Waals surface area contributed by atoms with Crippen molar-refractivity contribution in [1.29, 1.82) is 0 Å². The molecule has 10 rings (SSSR count). The third-order valence-corrected chi connectivity index (χ3v) is 14.4. The molecule has 0 radical (unpaired) electrons. The van der Waals surface area contributed by atoms with Crippen molar-refractivity contribution in [1.82, 2.24) is 10.4 Å². The summed E-state index contributed by atoms with van der Waals surface area (Å²) in [6, 6.07) is 7.43. The van der Waals surface area contributed by atoms with Gasteiger partial charge in [0.05, 0.1) is 24.9 Å². The van der Waals surface area contributed by atoms with E-state index in [-0.39, 0.29) is 24.7 Å².